The number of nitrogen functional groups attached to an aromatic ring is 1. The first-order valence-corrected chi connectivity index (χ1v) is 7.64. The summed E-state index contributed by atoms with van der Waals surface area (Å²) in [4.78, 5) is 25.1. The van der Waals surface area contributed by atoms with Crippen LogP contribution in [-0.4, -0.2) is 19.5 Å². The molecule has 1 aromatic carbocycles. The van der Waals surface area contributed by atoms with E-state index in [2.05, 4.69) is 15.0 Å². The molecule has 0 atom stereocenters. The minimum Gasteiger partial charge on any atom is -0.381 e. The Bertz CT molecular complexity index is 944. The van der Waals surface area contributed by atoms with Crippen LogP contribution in [0.5, 0.6) is 0 Å². The average Bonchev–Trinajstić information content (AvgIpc) is 2.48. The molecule has 2 N–H and O–H groups in total. The highest BCUT2D eigenvalue weighted by Crippen LogP contribution is 2.37. The summed E-state index contributed by atoms with van der Waals surface area (Å²) in [5, 5.41) is 1.35. The number of nitrogens with two attached hydrogens (primary N) is 1. The maximum atomic E-state index is 12.2. The minimum atomic E-state index is -0.215. The summed E-state index contributed by atoms with van der Waals surface area (Å²) in [6.45, 7) is 0. The molecule has 0 bridgehead atoms. The number of halogens is 2. The van der Waals surface area contributed by atoms with Gasteiger partial charge < -0.3 is 10.3 Å². The summed E-state index contributed by atoms with van der Waals surface area (Å²) in [6, 6.07) is 3.49. The van der Waals surface area contributed by atoms with Crippen LogP contribution in [0, 0.1) is 0 Å². The van der Waals surface area contributed by atoms with E-state index in [1.807, 2.05) is 0 Å². The lowest BCUT2D eigenvalue weighted by atomic mass is 10.2. The monoisotopic (exact) mass is 353 g/mol. The Kier molecular flexibility index (Phi) is 3.94. The van der Waals surface area contributed by atoms with Gasteiger partial charge in [-0.1, -0.05) is 35.0 Å². The Labute approximate surface area is 139 Å². The molecule has 0 spiro atoms. The van der Waals surface area contributed by atoms with Crippen LogP contribution in [0.2, 0.25) is 10.2 Å². The van der Waals surface area contributed by atoms with Gasteiger partial charge in [-0.05, 0) is 12.1 Å². The van der Waals surface area contributed by atoms with E-state index in [0.29, 0.717) is 25.8 Å². The van der Waals surface area contributed by atoms with Crippen LogP contribution >= 0.6 is 35.0 Å². The fraction of sp³-hybridized carbons (Fsp3) is 0.0769. The van der Waals surface area contributed by atoms with Crippen molar-refractivity contribution in [2.45, 2.75) is 9.92 Å². The van der Waals surface area contributed by atoms with Crippen molar-refractivity contribution in [2.24, 2.45) is 7.05 Å². The van der Waals surface area contributed by atoms with Crippen LogP contribution in [0.3, 0.4) is 0 Å². The van der Waals surface area contributed by atoms with Crippen molar-refractivity contribution in [3.05, 3.63) is 45.2 Å². The average molecular weight is 354 g/mol. The summed E-state index contributed by atoms with van der Waals surface area (Å²) < 4.78 is 1.37. The maximum absolute atomic E-state index is 12.2. The number of fused-ring (bicyclic) bond motifs is 1. The summed E-state index contributed by atoms with van der Waals surface area (Å²) in [5.41, 5.74) is 6.11. The van der Waals surface area contributed by atoms with E-state index in [0.717, 1.165) is 0 Å². The van der Waals surface area contributed by atoms with E-state index in [1.54, 1.807) is 19.2 Å². The fourth-order valence-electron chi connectivity index (χ4n) is 1.87. The quantitative estimate of drug-likeness (QED) is 0.762. The SMILES string of the molecule is Cn1cnc2ccc(Sc3ncc(Cl)nc3N)c(Cl)c2c1=O. The zero-order valence-electron chi connectivity index (χ0n) is 11.2. The molecule has 0 fully saturated rings. The van der Waals surface area contributed by atoms with Gasteiger partial charge in [0.05, 0.1) is 28.4 Å². The maximum Gasteiger partial charge on any atom is 0.262 e. The standard InChI is InChI=1S/C13H9Cl2N5OS/c1-20-5-18-6-2-3-7(10(15)9(6)13(20)21)22-12-11(16)19-8(14)4-17-12/h2-5H,1H3,(H2,16,19). The largest absolute Gasteiger partial charge is 0.381 e. The van der Waals surface area contributed by atoms with Crippen LogP contribution < -0.4 is 11.3 Å². The zero-order chi connectivity index (χ0) is 15.9. The van der Waals surface area contributed by atoms with E-state index in [-0.39, 0.29) is 16.5 Å². The number of nitrogens with zero attached hydrogens (tertiary/aromatic N) is 4. The van der Waals surface area contributed by atoms with Gasteiger partial charge in [0.2, 0.25) is 0 Å². The van der Waals surface area contributed by atoms with Crippen molar-refractivity contribution in [3.8, 4) is 0 Å². The smallest absolute Gasteiger partial charge is 0.262 e. The number of benzene rings is 1. The van der Waals surface area contributed by atoms with Gasteiger partial charge >= 0.3 is 0 Å². The summed E-state index contributed by atoms with van der Waals surface area (Å²) in [6.07, 6.45) is 2.85. The lowest BCUT2D eigenvalue weighted by molar-refractivity contribution is 0.842. The lowest BCUT2D eigenvalue weighted by Crippen LogP contribution is -2.17. The van der Waals surface area contributed by atoms with E-state index in [1.165, 1.54) is 28.9 Å². The Morgan fingerprint density at radius 1 is 1.27 bits per heavy atom. The second-order valence-corrected chi connectivity index (χ2v) is 6.21. The molecule has 112 valence electrons. The van der Waals surface area contributed by atoms with Gasteiger partial charge in [0.1, 0.15) is 10.2 Å². The predicted octanol–water partition coefficient (Wildman–Crippen LogP) is 2.76. The van der Waals surface area contributed by atoms with E-state index < -0.39 is 0 Å². The van der Waals surface area contributed by atoms with Crippen LogP contribution in [-0.2, 0) is 7.05 Å². The number of hydrogen-bond donors (Lipinski definition) is 1. The Morgan fingerprint density at radius 3 is 2.77 bits per heavy atom. The molecule has 0 aliphatic heterocycles. The second-order valence-electron chi connectivity index (χ2n) is 4.42. The summed E-state index contributed by atoms with van der Waals surface area (Å²) in [5.74, 6) is 0.202. The summed E-state index contributed by atoms with van der Waals surface area (Å²) in [7, 11) is 1.62. The zero-order valence-corrected chi connectivity index (χ0v) is 13.6. The highest BCUT2D eigenvalue weighted by molar-refractivity contribution is 7.99. The molecular weight excluding hydrogens is 345 g/mol. The molecule has 0 aliphatic carbocycles. The van der Waals surface area contributed by atoms with Crippen molar-refractivity contribution < 1.29 is 0 Å². The number of hydrogen-bond acceptors (Lipinski definition) is 6. The van der Waals surface area contributed by atoms with Crippen molar-refractivity contribution >= 4 is 51.7 Å². The van der Waals surface area contributed by atoms with Crippen LogP contribution in [0.4, 0.5) is 5.82 Å². The molecular formula is C13H9Cl2N5OS. The molecule has 3 rings (SSSR count). The molecule has 3 aromatic rings. The van der Waals surface area contributed by atoms with Gasteiger partial charge in [-0.25, -0.2) is 15.0 Å². The van der Waals surface area contributed by atoms with Gasteiger partial charge in [0.15, 0.2) is 5.82 Å². The third kappa shape index (κ3) is 2.63. The molecule has 2 aromatic heterocycles. The van der Waals surface area contributed by atoms with Gasteiger partial charge in [-0.3, -0.25) is 4.79 Å². The van der Waals surface area contributed by atoms with Gasteiger partial charge in [0, 0.05) is 11.9 Å². The molecule has 22 heavy (non-hydrogen) atoms. The van der Waals surface area contributed by atoms with Crippen LogP contribution in [0.1, 0.15) is 0 Å². The van der Waals surface area contributed by atoms with Gasteiger partial charge in [-0.2, -0.15) is 0 Å². The van der Waals surface area contributed by atoms with E-state index >= 15 is 0 Å². The van der Waals surface area contributed by atoms with Crippen molar-refractivity contribution in [3.63, 3.8) is 0 Å². The normalized spacial score (nSPS) is 11.0. The molecule has 0 saturated carbocycles. The summed E-state index contributed by atoms with van der Waals surface area (Å²) >= 11 is 13.3. The van der Waals surface area contributed by atoms with Crippen molar-refractivity contribution in [1.82, 2.24) is 19.5 Å². The Hall–Kier alpha value is -1.83. The number of anilines is 1. The first kappa shape index (κ1) is 15.1. The third-order valence-corrected chi connectivity index (χ3v) is 4.68. The second kappa shape index (κ2) is 5.75. The predicted molar refractivity (Wildman–Crippen MR) is 87.6 cm³/mol. The molecule has 6 nitrogen and oxygen atoms in total. The molecule has 0 unspecified atom stereocenters. The van der Waals surface area contributed by atoms with Crippen LogP contribution in [0.25, 0.3) is 10.9 Å². The molecule has 2 heterocycles. The molecule has 0 saturated heterocycles. The minimum absolute atomic E-state index is 0.202. The van der Waals surface area contributed by atoms with E-state index in [4.69, 9.17) is 28.9 Å². The number of rotatable bonds is 2. The molecule has 9 heteroatoms. The van der Waals surface area contributed by atoms with Crippen molar-refractivity contribution in [1.29, 1.82) is 0 Å². The first-order valence-electron chi connectivity index (χ1n) is 6.07. The lowest BCUT2D eigenvalue weighted by Gasteiger charge is -2.08. The van der Waals surface area contributed by atoms with Crippen LogP contribution in [0.15, 0.2) is 39.4 Å². The number of aryl methyl sites for hydroxylation is 1. The highest BCUT2D eigenvalue weighted by atomic mass is 35.5. The Balaban J connectivity index is 2.14. The number of aromatic nitrogens is 4. The molecule has 0 aliphatic rings. The first-order chi connectivity index (χ1) is 10.5. The topological polar surface area (TPSA) is 86.7 Å². The fourth-order valence-corrected chi connectivity index (χ4v) is 3.15. The highest BCUT2D eigenvalue weighted by Gasteiger charge is 2.14. The Morgan fingerprint density at radius 2 is 2.05 bits per heavy atom. The molecule has 0 amide bonds. The molecule has 0 radical (unpaired) electrons. The van der Waals surface area contributed by atoms with Gasteiger partial charge in [-0.15, -0.1) is 0 Å². The third-order valence-electron chi connectivity index (χ3n) is 2.93. The van der Waals surface area contributed by atoms with Crippen molar-refractivity contribution in [2.75, 3.05) is 5.73 Å². The van der Waals surface area contributed by atoms with E-state index in [9.17, 15) is 4.79 Å². The van der Waals surface area contributed by atoms with Gasteiger partial charge in [0.25, 0.3) is 5.56 Å².